The van der Waals surface area contributed by atoms with Gasteiger partial charge in [0, 0.05) is 6.42 Å². The van der Waals surface area contributed by atoms with Crippen LogP contribution >= 0.6 is 0 Å². The van der Waals surface area contributed by atoms with Crippen LogP contribution < -0.4 is 0 Å². The minimum atomic E-state index is -0.733. The van der Waals surface area contributed by atoms with E-state index in [1.165, 1.54) is 5.57 Å². The number of esters is 1. The number of Topliss-reactive ketones (excluding diaryl/α,β-unsaturated/α-hetero) is 1. The third-order valence-corrected chi connectivity index (χ3v) is 3.08. The Morgan fingerprint density at radius 1 is 1.14 bits per heavy atom. The number of ether oxygens (including phenoxy) is 1. The maximum absolute atomic E-state index is 12.0. The van der Waals surface area contributed by atoms with E-state index < -0.39 is 11.8 Å². The van der Waals surface area contributed by atoms with Crippen molar-refractivity contribution in [1.29, 1.82) is 0 Å². The quantitative estimate of drug-likeness (QED) is 0.432. The van der Waals surface area contributed by atoms with Crippen molar-refractivity contribution in [3.05, 3.63) is 47.5 Å². The van der Waals surface area contributed by atoms with Gasteiger partial charge in [-0.1, -0.05) is 42.0 Å². The Morgan fingerprint density at radius 3 is 2.29 bits per heavy atom. The average molecular weight is 288 g/mol. The monoisotopic (exact) mass is 288 g/mol. The summed E-state index contributed by atoms with van der Waals surface area (Å²) in [4.78, 5) is 23.7. The van der Waals surface area contributed by atoms with Gasteiger partial charge in [-0.05, 0) is 45.6 Å². The smallest absolute Gasteiger partial charge is 0.374 e. The molecule has 3 heteroatoms. The van der Waals surface area contributed by atoms with Gasteiger partial charge in [-0.3, -0.25) is 4.79 Å². The Hall–Kier alpha value is -1.90. The minimum Gasteiger partial charge on any atom is -0.457 e. The average Bonchev–Trinajstić information content (AvgIpc) is 2.43. The Kier molecular flexibility index (Phi) is 6.86. The molecule has 0 amide bonds. The molecule has 0 spiro atoms. The molecule has 0 bridgehead atoms. The molecule has 3 nitrogen and oxygen atoms in total. The summed E-state index contributed by atoms with van der Waals surface area (Å²) in [5.41, 5.74) is 2.27. The molecule has 21 heavy (non-hydrogen) atoms. The van der Waals surface area contributed by atoms with Crippen LogP contribution in [-0.2, 0) is 14.3 Å². The van der Waals surface area contributed by atoms with Crippen molar-refractivity contribution in [2.24, 2.45) is 0 Å². The molecule has 0 saturated heterocycles. The van der Waals surface area contributed by atoms with E-state index in [0.29, 0.717) is 0 Å². The van der Waals surface area contributed by atoms with E-state index in [2.05, 4.69) is 6.08 Å². The van der Waals surface area contributed by atoms with Gasteiger partial charge in [0.05, 0.1) is 6.10 Å². The van der Waals surface area contributed by atoms with Gasteiger partial charge in [0.15, 0.2) is 0 Å². The van der Waals surface area contributed by atoms with Crippen molar-refractivity contribution in [2.45, 2.75) is 52.6 Å². The van der Waals surface area contributed by atoms with Crippen molar-refractivity contribution >= 4 is 11.8 Å². The summed E-state index contributed by atoms with van der Waals surface area (Å²) in [6, 6.07) is 9.81. The van der Waals surface area contributed by atoms with Crippen LogP contribution in [0.5, 0.6) is 0 Å². The standard InChI is InChI=1S/C18H24O3/c1-13(2)10-11-16(15-8-6-5-7-9-15)12-17(19)18(20)21-14(3)4/h5-10,14,16H,11-12H2,1-4H3. The zero-order valence-corrected chi connectivity index (χ0v) is 13.3. The fourth-order valence-corrected chi connectivity index (χ4v) is 2.03. The van der Waals surface area contributed by atoms with E-state index in [-0.39, 0.29) is 18.4 Å². The van der Waals surface area contributed by atoms with Crippen LogP contribution in [0.25, 0.3) is 0 Å². The van der Waals surface area contributed by atoms with Gasteiger partial charge >= 0.3 is 5.97 Å². The molecule has 1 rings (SSSR count). The van der Waals surface area contributed by atoms with Crippen LogP contribution in [0, 0.1) is 0 Å². The summed E-state index contributed by atoms with van der Waals surface area (Å²) in [6.07, 6.45) is 2.75. The zero-order valence-electron chi connectivity index (χ0n) is 13.3. The first-order valence-corrected chi connectivity index (χ1v) is 7.32. The molecule has 0 aliphatic heterocycles. The number of carbonyl (C=O) groups excluding carboxylic acids is 2. The highest BCUT2D eigenvalue weighted by atomic mass is 16.5. The molecule has 0 aromatic heterocycles. The fourth-order valence-electron chi connectivity index (χ4n) is 2.03. The predicted octanol–water partition coefficient (Wildman–Crippen LogP) is 4.04. The molecule has 0 heterocycles. The Morgan fingerprint density at radius 2 is 1.76 bits per heavy atom. The lowest BCUT2D eigenvalue weighted by Crippen LogP contribution is -2.22. The van der Waals surface area contributed by atoms with Crippen LogP contribution in [0.1, 0.15) is 52.0 Å². The van der Waals surface area contributed by atoms with Crippen LogP contribution in [0.4, 0.5) is 0 Å². The number of carbonyl (C=O) groups is 2. The van der Waals surface area contributed by atoms with Gasteiger partial charge in [-0.25, -0.2) is 4.79 Å². The number of allylic oxidation sites excluding steroid dienone is 2. The van der Waals surface area contributed by atoms with Crippen molar-refractivity contribution in [3.8, 4) is 0 Å². The molecule has 0 saturated carbocycles. The molecule has 0 aliphatic carbocycles. The number of rotatable bonds is 7. The molecule has 0 aliphatic rings. The first-order valence-electron chi connectivity index (χ1n) is 7.32. The topological polar surface area (TPSA) is 43.4 Å². The van der Waals surface area contributed by atoms with Crippen LogP contribution in [-0.4, -0.2) is 17.9 Å². The lowest BCUT2D eigenvalue weighted by Gasteiger charge is -2.15. The Labute approximate surface area is 127 Å². The highest BCUT2D eigenvalue weighted by molar-refractivity contribution is 6.33. The maximum atomic E-state index is 12.0. The second-order valence-corrected chi connectivity index (χ2v) is 5.71. The van der Waals surface area contributed by atoms with E-state index in [4.69, 9.17) is 4.74 Å². The molecule has 0 radical (unpaired) electrons. The van der Waals surface area contributed by atoms with E-state index in [1.807, 2.05) is 44.2 Å². The van der Waals surface area contributed by atoms with Gasteiger partial charge in [-0.15, -0.1) is 0 Å². The SMILES string of the molecule is CC(C)=CCC(CC(=O)C(=O)OC(C)C)c1ccccc1. The van der Waals surface area contributed by atoms with Crippen molar-refractivity contribution in [1.82, 2.24) is 0 Å². The molecular weight excluding hydrogens is 264 g/mol. The summed E-state index contributed by atoms with van der Waals surface area (Å²) in [5.74, 6) is -1.18. The molecule has 1 aromatic rings. The maximum Gasteiger partial charge on any atom is 0.374 e. The molecule has 1 aromatic carbocycles. The Bertz CT molecular complexity index is 496. The van der Waals surface area contributed by atoms with Crippen LogP contribution in [0.3, 0.4) is 0 Å². The van der Waals surface area contributed by atoms with Gasteiger partial charge < -0.3 is 4.74 Å². The molecule has 0 fully saturated rings. The second kappa shape index (κ2) is 8.40. The van der Waals surface area contributed by atoms with Gasteiger partial charge in [-0.2, -0.15) is 0 Å². The number of hydrogen-bond acceptors (Lipinski definition) is 3. The summed E-state index contributed by atoms with van der Waals surface area (Å²) >= 11 is 0. The first kappa shape index (κ1) is 17.2. The summed E-state index contributed by atoms with van der Waals surface area (Å²) in [5, 5.41) is 0. The minimum absolute atomic E-state index is 0.00770. The third kappa shape index (κ3) is 6.39. The van der Waals surface area contributed by atoms with Crippen LogP contribution in [0.15, 0.2) is 42.0 Å². The van der Waals surface area contributed by atoms with Crippen LogP contribution in [0.2, 0.25) is 0 Å². The molecular formula is C18H24O3. The molecule has 1 atom stereocenters. The highest BCUT2D eigenvalue weighted by Gasteiger charge is 2.22. The predicted molar refractivity (Wildman–Crippen MR) is 84.1 cm³/mol. The van der Waals surface area contributed by atoms with Gasteiger partial charge in [0.2, 0.25) is 5.78 Å². The summed E-state index contributed by atoms with van der Waals surface area (Å²) in [7, 11) is 0. The molecule has 1 unspecified atom stereocenters. The molecule has 0 N–H and O–H groups in total. The van der Waals surface area contributed by atoms with E-state index in [9.17, 15) is 9.59 Å². The lowest BCUT2D eigenvalue weighted by molar-refractivity contribution is -0.156. The van der Waals surface area contributed by atoms with E-state index in [1.54, 1.807) is 13.8 Å². The largest absolute Gasteiger partial charge is 0.457 e. The van der Waals surface area contributed by atoms with Crippen molar-refractivity contribution in [3.63, 3.8) is 0 Å². The van der Waals surface area contributed by atoms with Crippen molar-refractivity contribution < 1.29 is 14.3 Å². The zero-order chi connectivity index (χ0) is 15.8. The lowest BCUT2D eigenvalue weighted by atomic mass is 9.90. The Balaban J connectivity index is 2.80. The van der Waals surface area contributed by atoms with Crippen molar-refractivity contribution in [2.75, 3.05) is 0 Å². The normalized spacial score (nSPS) is 11.9. The number of benzene rings is 1. The summed E-state index contributed by atoms with van der Waals surface area (Å²) < 4.78 is 4.97. The first-order chi connectivity index (χ1) is 9.90. The van der Waals surface area contributed by atoms with E-state index in [0.717, 1.165) is 12.0 Å². The second-order valence-electron chi connectivity index (χ2n) is 5.71. The molecule has 114 valence electrons. The third-order valence-electron chi connectivity index (χ3n) is 3.08. The highest BCUT2D eigenvalue weighted by Crippen LogP contribution is 2.25. The number of ketones is 1. The number of hydrogen-bond donors (Lipinski definition) is 0. The summed E-state index contributed by atoms with van der Waals surface area (Å²) in [6.45, 7) is 7.53. The van der Waals surface area contributed by atoms with E-state index >= 15 is 0 Å². The van der Waals surface area contributed by atoms with Gasteiger partial charge in [0.25, 0.3) is 0 Å². The van der Waals surface area contributed by atoms with Gasteiger partial charge in [0.1, 0.15) is 0 Å². The fraction of sp³-hybridized carbons (Fsp3) is 0.444.